The molecule has 2 aliphatic heterocycles. The minimum atomic E-state index is -0.431. The maximum Gasteiger partial charge on any atom is 0.230 e. The summed E-state index contributed by atoms with van der Waals surface area (Å²) in [5.74, 6) is 1.71. The van der Waals surface area contributed by atoms with E-state index in [-0.39, 0.29) is 12.0 Å². The second kappa shape index (κ2) is 5.74. The van der Waals surface area contributed by atoms with Gasteiger partial charge in [-0.25, -0.2) is 0 Å². The molecule has 1 saturated carbocycles. The fourth-order valence-corrected chi connectivity index (χ4v) is 3.76. The van der Waals surface area contributed by atoms with Crippen LogP contribution in [0, 0.1) is 18.3 Å². The van der Waals surface area contributed by atoms with Gasteiger partial charge in [-0.15, -0.1) is 5.10 Å². The Hall–Kier alpha value is -1.69. The summed E-state index contributed by atoms with van der Waals surface area (Å²) in [7, 11) is 0. The summed E-state index contributed by atoms with van der Waals surface area (Å²) in [5.41, 5.74) is 0.476. The standard InChI is InChI=1S/C17H24N4O2/c1-12-2-5-15(20-19-12)21-8-6-14-17(11-21,7-9-23-14)16(22)18-10-13-3-4-13/h2,5,13-14H,3-4,6-11H2,1H3,(H,18,22)/t14-,17-/m1/s1. The second-order valence-electron chi connectivity index (χ2n) is 7.16. The molecule has 6 nitrogen and oxygen atoms in total. The predicted molar refractivity (Wildman–Crippen MR) is 86.1 cm³/mol. The summed E-state index contributed by atoms with van der Waals surface area (Å²) >= 11 is 0. The average molecular weight is 316 g/mol. The van der Waals surface area contributed by atoms with Gasteiger partial charge in [0.1, 0.15) is 0 Å². The summed E-state index contributed by atoms with van der Waals surface area (Å²) in [5, 5.41) is 11.6. The molecule has 3 fully saturated rings. The summed E-state index contributed by atoms with van der Waals surface area (Å²) in [6.45, 7) is 4.96. The van der Waals surface area contributed by atoms with Gasteiger partial charge in [0, 0.05) is 26.2 Å². The van der Waals surface area contributed by atoms with Gasteiger partial charge in [-0.05, 0) is 50.7 Å². The first-order chi connectivity index (χ1) is 11.2. The van der Waals surface area contributed by atoms with E-state index in [1.54, 1.807) is 0 Å². The van der Waals surface area contributed by atoms with Crippen molar-refractivity contribution in [2.24, 2.45) is 11.3 Å². The second-order valence-corrected chi connectivity index (χ2v) is 7.16. The molecule has 0 bridgehead atoms. The molecular formula is C17H24N4O2. The Morgan fingerprint density at radius 1 is 1.39 bits per heavy atom. The fraction of sp³-hybridized carbons (Fsp3) is 0.706. The zero-order valence-electron chi connectivity index (χ0n) is 13.6. The average Bonchev–Trinajstić information content (AvgIpc) is 3.29. The lowest BCUT2D eigenvalue weighted by Gasteiger charge is -2.42. The van der Waals surface area contributed by atoms with Crippen molar-refractivity contribution in [3.05, 3.63) is 17.8 Å². The highest BCUT2D eigenvalue weighted by molar-refractivity contribution is 5.84. The third-order valence-electron chi connectivity index (χ3n) is 5.43. The van der Waals surface area contributed by atoms with Gasteiger partial charge in [0.15, 0.2) is 5.82 Å². The van der Waals surface area contributed by atoms with E-state index in [1.807, 2.05) is 19.1 Å². The first kappa shape index (κ1) is 14.9. The fourth-order valence-electron chi connectivity index (χ4n) is 3.76. The lowest BCUT2D eigenvalue weighted by atomic mass is 9.75. The van der Waals surface area contributed by atoms with Gasteiger partial charge in [-0.2, -0.15) is 5.10 Å². The number of rotatable bonds is 4. The van der Waals surface area contributed by atoms with E-state index in [9.17, 15) is 4.79 Å². The third kappa shape index (κ3) is 2.80. The molecule has 1 amide bonds. The minimum absolute atomic E-state index is 0.0383. The van der Waals surface area contributed by atoms with E-state index < -0.39 is 5.41 Å². The van der Waals surface area contributed by atoms with Crippen molar-refractivity contribution < 1.29 is 9.53 Å². The molecule has 1 N–H and O–H groups in total. The quantitative estimate of drug-likeness (QED) is 0.907. The highest BCUT2D eigenvalue weighted by Crippen LogP contribution is 2.42. The molecule has 3 aliphatic rings. The zero-order valence-corrected chi connectivity index (χ0v) is 13.6. The van der Waals surface area contributed by atoms with Crippen LogP contribution >= 0.6 is 0 Å². The van der Waals surface area contributed by atoms with Crippen LogP contribution in [0.3, 0.4) is 0 Å². The molecule has 1 aromatic rings. The molecule has 124 valence electrons. The van der Waals surface area contributed by atoms with Gasteiger partial charge in [0.2, 0.25) is 5.91 Å². The molecule has 4 rings (SSSR count). The van der Waals surface area contributed by atoms with Gasteiger partial charge in [-0.1, -0.05) is 0 Å². The Bertz CT molecular complexity index is 587. The Kier molecular flexibility index (Phi) is 3.71. The van der Waals surface area contributed by atoms with Crippen LogP contribution in [0.1, 0.15) is 31.4 Å². The lowest BCUT2D eigenvalue weighted by molar-refractivity contribution is -0.135. The minimum Gasteiger partial charge on any atom is -0.377 e. The van der Waals surface area contributed by atoms with Crippen LogP contribution in [0.15, 0.2) is 12.1 Å². The van der Waals surface area contributed by atoms with E-state index in [1.165, 1.54) is 12.8 Å². The maximum atomic E-state index is 12.9. The maximum absolute atomic E-state index is 12.9. The largest absolute Gasteiger partial charge is 0.377 e. The third-order valence-corrected chi connectivity index (χ3v) is 5.43. The normalized spacial score (nSPS) is 30.1. The molecule has 2 saturated heterocycles. The van der Waals surface area contributed by atoms with E-state index in [0.717, 1.165) is 37.4 Å². The smallest absolute Gasteiger partial charge is 0.230 e. The number of aryl methyl sites for hydroxylation is 1. The van der Waals surface area contributed by atoms with E-state index in [2.05, 4.69) is 20.4 Å². The van der Waals surface area contributed by atoms with Gasteiger partial charge in [0.25, 0.3) is 0 Å². The molecule has 2 atom stereocenters. The molecule has 3 heterocycles. The molecule has 1 aromatic heterocycles. The zero-order chi connectivity index (χ0) is 15.9. The van der Waals surface area contributed by atoms with Crippen LogP contribution in [0.2, 0.25) is 0 Å². The van der Waals surface area contributed by atoms with Crippen LogP contribution in [-0.2, 0) is 9.53 Å². The van der Waals surface area contributed by atoms with Crippen molar-refractivity contribution in [2.45, 2.75) is 38.7 Å². The molecule has 23 heavy (non-hydrogen) atoms. The number of fused-ring (bicyclic) bond motifs is 1. The van der Waals surface area contributed by atoms with Gasteiger partial charge >= 0.3 is 0 Å². The summed E-state index contributed by atoms with van der Waals surface area (Å²) in [6.07, 6.45) is 4.20. The summed E-state index contributed by atoms with van der Waals surface area (Å²) in [4.78, 5) is 15.1. The Morgan fingerprint density at radius 3 is 3.00 bits per heavy atom. The number of ether oxygens (including phenoxy) is 1. The van der Waals surface area contributed by atoms with Gasteiger partial charge in [-0.3, -0.25) is 4.79 Å². The number of piperidine rings is 1. The molecule has 6 heteroatoms. The molecule has 0 radical (unpaired) electrons. The van der Waals surface area contributed by atoms with Crippen LogP contribution in [0.25, 0.3) is 0 Å². The number of amides is 1. The SMILES string of the molecule is Cc1ccc(N2CC[C@H]3OCC[C@@]3(C(=O)NCC3CC3)C2)nn1. The van der Waals surface area contributed by atoms with Crippen molar-refractivity contribution in [3.63, 3.8) is 0 Å². The van der Waals surface area contributed by atoms with Crippen molar-refractivity contribution in [2.75, 3.05) is 31.1 Å². The highest BCUT2D eigenvalue weighted by atomic mass is 16.5. The Balaban J connectivity index is 1.52. The summed E-state index contributed by atoms with van der Waals surface area (Å²) < 4.78 is 5.88. The molecular weight excluding hydrogens is 292 g/mol. The van der Waals surface area contributed by atoms with Crippen molar-refractivity contribution >= 4 is 11.7 Å². The topological polar surface area (TPSA) is 67.3 Å². The monoisotopic (exact) mass is 316 g/mol. The first-order valence-electron chi connectivity index (χ1n) is 8.62. The van der Waals surface area contributed by atoms with Crippen LogP contribution in [0.5, 0.6) is 0 Å². The number of hydrogen-bond acceptors (Lipinski definition) is 5. The van der Waals surface area contributed by atoms with Crippen LogP contribution in [0.4, 0.5) is 5.82 Å². The van der Waals surface area contributed by atoms with Crippen molar-refractivity contribution in [1.29, 1.82) is 0 Å². The predicted octanol–water partition coefficient (Wildman–Crippen LogP) is 1.30. The first-order valence-corrected chi connectivity index (χ1v) is 8.62. The van der Waals surface area contributed by atoms with E-state index in [0.29, 0.717) is 19.1 Å². The van der Waals surface area contributed by atoms with Crippen LogP contribution < -0.4 is 10.2 Å². The molecule has 0 spiro atoms. The number of hydrogen-bond donors (Lipinski definition) is 1. The number of aromatic nitrogens is 2. The molecule has 0 aromatic carbocycles. The van der Waals surface area contributed by atoms with Crippen molar-refractivity contribution in [1.82, 2.24) is 15.5 Å². The van der Waals surface area contributed by atoms with Gasteiger partial charge in [0.05, 0.1) is 17.2 Å². The Morgan fingerprint density at radius 2 is 2.26 bits per heavy atom. The lowest BCUT2D eigenvalue weighted by Crippen LogP contribution is -2.57. The van der Waals surface area contributed by atoms with Crippen molar-refractivity contribution in [3.8, 4) is 0 Å². The number of carbonyl (C=O) groups is 1. The Labute approximate surface area is 136 Å². The number of anilines is 1. The number of nitrogens with one attached hydrogen (secondary N) is 1. The number of carbonyl (C=O) groups excluding carboxylic acids is 1. The van der Waals surface area contributed by atoms with Crippen LogP contribution in [-0.4, -0.2) is 48.4 Å². The number of nitrogens with zero attached hydrogens (tertiary/aromatic N) is 3. The molecule has 1 aliphatic carbocycles. The van der Waals surface area contributed by atoms with E-state index in [4.69, 9.17) is 4.74 Å². The van der Waals surface area contributed by atoms with E-state index >= 15 is 0 Å². The highest BCUT2D eigenvalue weighted by Gasteiger charge is 2.53. The summed E-state index contributed by atoms with van der Waals surface area (Å²) in [6, 6.07) is 3.97. The van der Waals surface area contributed by atoms with Gasteiger partial charge < -0.3 is 15.0 Å². The molecule has 0 unspecified atom stereocenters.